The molecule has 2 heterocycles. The maximum atomic E-state index is 11.7. The lowest BCUT2D eigenvalue weighted by molar-refractivity contribution is -0.107. The maximum absolute atomic E-state index is 11.7. The van der Waals surface area contributed by atoms with Gasteiger partial charge in [0, 0.05) is 13.1 Å². The number of hydroxylamine groups is 2. The van der Waals surface area contributed by atoms with E-state index in [1.807, 2.05) is 6.92 Å². The molecular weight excluding hydrogens is 180 g/mol. The molecule has 0 aromatic carbocycles. The van der Waals surface area contributed by atoms with Crippen LogP contribution in [0.25, 0.3) is 0 Å². The number of carbonyl (C=O) groups is 1. The predicted octanol–water partition coefficient (Wildman–Crippen LogP) is 1.17. The van der Waals surface area contributed by atoms with Gasteiger partial charge in [0.05, 0.1) is 12.6 Å². The first-order chi connectivity index (χ1) is 6.72. The van der Waals surface area contributed by atoms with Crippen molar-refractivity contribution in [3.63, 3.8) is 0 Å². The topological polar surface area (TPSA) is 32.8 Å². The number of fused-ring (bicyclic) bond motifs is 2. The minimum absolute atomic E-state index is 0.0371. The standard InChI is InChI=1S/C10H14N2O2/c1-3-4-14-12-9-5-8(2)6-11(7-9)10(12)13/h3,5,9H,1,4,6-7H2,2H3. The van der Waals surface area contributed by atoms with Gasteiger partial charge in [-0.15, -0.1) is 6.58 Å². The molecule has 1 saturated heterocycles. The minimum Gasteiger partial charge on any atom is -0.316 e. The van der Waals surface area contributed by atoms with Crippen molar-refractivity contribution in [3.8, 4) is 0 Å². The molecule has 4 heteroatoms. The van der Waals surface area contributed by atoms with E-state index in [1.165, 1.54) is 10.6 Å². The number of nitrogens with zero attached hydrogens (tertiary/aromatic N) is 2. The van der Waals surface area contributed by atoms with Crippen molar-refractivity contribution in [2.75, 3.05) is 19.7 Å². The normalized spacial score (nSPS) is 25.4. The van der Waals surface area contributed by atoms with Gasteiger partial charge in [-0.2, -0.15) is 5.06 Å². The molecule has 0 aromatic rings. The Morgan fingerprint density at radius 3 is 3.29 bits per heavy atom. The molecule has 14 heavy (non-hydrogen) atoms. The summed E-state index contributed by atoms with van der Waals surface area (Å²) < 4.78 is 0. The summed E-state index contributed by atoms with van der Waals surface area (Å²) in [6.07, 6.45) is 3.73. The molecule has 0 saturated carbocycles. The SMILES string of the molecule is C=CCON1C(=O)N2CC(C)=CC1C2. The van der Waals surface area contributed by atoms with Gasteiger partial charge in [-0.25, -0.2) is 4.79 Å². The van der Waals surface area contributed by atoms with E-state index in [9.17, 15) is 4.79 Å². The second-order valence-corrected chi connectivity index (χ2v) is 3.65. The molecule has 1 fully saturated rings. The molecule has 0 aliphatic carbocycles. The van der Waals surface area contributed by atoms with Crippen LogP contribution >= 0.6 is 0 Å². The quantitative estimate of drug-likeness (QED) is 0.632. The summed E-state index contributed by atoms with van der Waals surface area (Å²) >= 11 is 0. The van der Waals surface area contributed by atoms with Crippen LogP contribution in [0.5, 0.6) is 0 Å². The fraction of sp³-hybridized carbons (Fsp3) is 0.500. The molecule has 2 rings (SSSR count). The third kappa shape index (κ3) is 1.42. The lowest BCUT2D eigenvalue weighted by Crippen LogP contribution is -2.33. The van der Waals surface area contributed by atoms with Crippen LogP contribution < -0.4 is 0 Å². The van der Waals surface area contributed by atoms with E-state index in [1.54, 1.807) is 11.0 Å². The van der Waals surface area contributed by atoms with Crippen LogP contribution in [-0.4, -0.2) is 41.7 Å². The van der Waals surface area contributed by atoms with E-state index in [-0.39, 0.29) is 12.1 Å². The van der Waals surface area contributed by atoms with E-state index in [0.29, 0.717) is 6.61 Å². The molecule has 2 aliphatic heterocycles. The van der Waals surface area contributed by atoms with Gasteiger partial charge in [0.15, 0.2) is 0 Å². The van der Waals surface area contributed by atoms with Crippen molar-refractivity contribution in [1.82, 2.24) is 9.96 Å². The zero-order chi connectivity index (χ0) is 10.1. The van der Waals surface area contributed by atoms with Crippen LogP contribution in [0, 0.1) is 0 Å². The number of hydrogen-bond acceptors (Lipinski definition) is 2. The average molecular weight is 194 g/mol. The van der Waals surface area contributed by atoms with Crippen molar-refractivity contribution in [2.45, 2.75) is 13.0 Å². The van der Waals surface area contributed by atoms with Crippen molar-refractivity contribution >= 4 is 6.03 Å². The van der Waals surface area contributed by atoms with E-state index >= 15 is 0 Å². The molecule has 0 spiro atoms. The molecule has 2 amide bonds. The Balaban J connectivity index is 2.11. The lowest BCUT2D eigenvalue weighted by atomic mass is 10.1. The summed E-state index contributed by atoms with van der Waals surface area (Å²) in [6, 6.07) is 0.0427. The van der Waals surface area contributed by atoms with Gasteiger partial charge in [0.2, 0.25) is 0 Å². The smallest absolute Gasteiger partial charge is 0.316 e. The number of hydrogen-bond donors (Lipinski definition) is 0. The summed E-state index contributed by atoms with van der Waals surface area (Å²) in [7, 11) is 0. The highest BCUT2D eigenvalue weighted by Crippen LogP contribution is 2.24. The Hall–Kier alpha value is -1.29. The predicted molar refractivity (Wildman–Crippen MR) is 52.5 cm³/mol. The van der Waals surface area contributed by atoms with Gasteiger partial charge in [-0.3, -0.25) is 4.84 Å². The summed E-state index contributed by atoms with van der Waals surface area (Å²) in [4.78, 5) is 18.8. The zero-order valence-electron chi connectivity index (χ0n) is 8.27. The van der Waals surface area contributed by atoms with E-state index < -0.39 is 0 Å². The molecule has 76 valence electrons. The first-order valence-corrected chi connectivity index (χ1v) is 4.71. The highest BCUT2D eigenvalue weighted by molar-refractivity contribution is 5.77. The number of rotatable bonds is 3. The average Bonchev–Trinajstić information content (AvgIpc) is 2.37. The van der Waals surface area contributed by atoms with Crippen LogP contribution in [-0.2, 0) is 4.84 Å². The van der Waals surface area contributed by atoms with Gasteiger partial charge in [0.25, 0.3) is 0 Å². The minimum atomic E-state index is -0.0371. The third-order valence-electron chi connectivity index (χ3n) is 2.42. The largest absolute Gasteiger partial charge is 0.344 e. The highest BCUT2D eigenvalue weighted by Gasteiger charge is 2.39. The molecule has 1 unspecified atom stereocenters. The van der Waals surface area contributed by atoms with Gasteiger partial charge in [0.1, 0.15) is 0 Å². The molecule has 1 atom stereocenters. The van der Waals surface area contributed by atoms with Gasteiger partial charge >= 0.3 is 6.03 Å². The molecule has 0 aromatic heterocycles. The number of urea groups is 1. The van der Waals surface area contributed by atoms with Gasteiger partial charge in [-0.05, 0) is 6.92 Å². The van der Waals surface area contributed by atoms with Crippen molar-refractivity contribution in [2.24, 2.45) is 0 Å². The van der Waals surface area contributed by atoms with Gasteiger partial charge in [-0.1, -0.05) is 17.7 Å². The Morgan fingerprint density at radius 1 is 1.79 bits per heavy atom. The summed E-state index contributed by atoms with van der Waals surface area (Å²) in [5, 5.41) is 1.44. The van der Waals surface area contributed by atoms with Crippen LogP contribution in [0.15, 0.2) is 24.3 Å². The first kappa shape index (κ1) is 9.27. The summed E-state index contributed by atoms with van der Waals surface area (Å²) in [5.74, 6) is 0. The second-order valence-electron chi connectivity index (χ2n) is 3.65. The highest BCUT2D eigenvalue weighted by atomic mass is 16.7. The van der Waals surface area contributed by atoms with Gasteiger partial charge < -0.3 is 4.90 Å². The van der Waals surface area contributed by atoms with E-state index in [0.717, 1.165) is 13.1 Å². The third-order valence-corrected chi connectivity index (χ3v) is 2.42. The molecule has 0 N–H and O–H groups in total. The Bertz CT molecular complexity index is 298. The van der Waals surface area contributed by atoms with Crippen molar-refractivity contribution in [3.05, 3.63) is 24.3 Å². The van der Waals surface area contributed by atoms with E-state index in [2.05, 4.69) is 12.7 Å². The van der Waals surface area contributed by atoms with E-state index in [4.69, 9.17) is 4.84 Å². The fourth-order valence-corrected chi connectivity index (χ4v) is 1.88. The summed E-state index contributed by atoms with van der Waals surface area (Å²) in [5.41, 5.74) is 1.22. The molecule has 0 radical (unpaired) electrons. The van der Waals surface area contributed by atoms with Crippen LogP contribution in [0.2, 0.25) is 0 Å². The number of carbonyl (C=O) groups excluding carboxylic acids is 1. The lowest BCUT2D eigenvalue weighted by Gasteiger charge is -2.19. The van der Waals surface area contributed by atoms with Crippen molar-refractivity contribution in [1.29, 1.82) is 0 Å². The van der Waals surface area contributed by atoms with Crippen LogP contribution in [0.1, 0.15) is 6.92 Å². The summed E-state index contributed by atoms with van der Waals surface area (Å²) in [6.45, 7) is 7.43. The monoisotopic (exact) mass is 194 g/mol. The Morgan fingerprint density at radius 2 is 2.57 bits per heavy atom. The molecule has 4 nitrogen and oxygen atoms in total. The molecular formula is C10H14N2O2. The molecule has 2 aliphatic rings. The number of amides is 2. The zero-order valence-corrected chi connectivity index (χ0v) is 8.27. The fourth-order valence-electron chi connectivity index (χ4n) is 1.88. The maximum Gasteiger partial charge on any atom is 0.344 e. The van der Waals surface area contributed by atoms with Crippen LogP contribution in [0.4, 0.5) is 4.79 Å². The van der Waals surface area contributed by atoms with Crippen LogP contribution in [0.3, 0.4) is 0 Å². The second kappa shape index (κ2) is 3.46. The Kier molecular flexibility index (Phi) is 2.29. The Labute approximate surface area is 83.4 Å². The van der Waals surface area contributed by atoms with Crippen molar-refractivity contribution < 1.29 is 9.63 Å². The molecule has 2 bridgehead atoms. The first-order valence-electron chi connectivity index (χ1n) is 4.71.